The largest absolute Gasteiger partial charge is 0.353 e. The van der Waals surface area contributed by atoms with E-state index < -0.39 is 0 Å². The van der Waals surface area contributed by atoms with Crippen LogP contribution in [0.1, 0.15) is 71.1 Å². The number of hydrogen-bond donors (Lipinski definition) is 2. The highest BCUT2D eigenvalue weighted by Gasteiger charge is 2.45. The monoisotopic (exact) mass is 502 g/mol. The van der Waals surface area contributed by atoms with Crippen molar-refractivity contribution in [3.05, 3.63) is 0 Å². The summed E-state index contributed by atoms with van der Waals surface area (Å²) in [4.78, 5) is 35.8. The van der Waals surface area contributed by atoms with Gasteiger partial charge in [-0.1, -0.05) is 19.8 Å². The Bertz CT molecular complexity index is 742. The van der Waals surface area contributed by atoms with Crippen LogP contribution in [0.5, 0.6) is 0 Å². The average Bonchev–Trinajstić information content (AvgIpc) is 3.28. The van der Waals surface area contributed by atoms with E-state index in [0.717, 1.165) is 70.5 Å². The van der Waals surface area contributed by atoms with E-state index in [2.05, 4.69) is 44.2 Å². The van der Waals surface area contributed by atoms with Crippen molar-refractivity contribution >= 4 is 11.8 Å². The number of likely N-dealkylation sites (tertiary alicyclic amines) is 1. The number of fused-ring (bicyclic) bond motifs is 1. The molecule has 36 heavy (non-hydrogen) atoms. The van der Waals surface area contributed by atoms with Crippen LogP contribution in [0.15, 0.2) is 0 Å². The molecule has 4 aliphatic heterocycles. The molecule has 4 saturated heterocycles. The molecule has 1 aliphatic carbocycles. The van der Waals surface area contributed by atoms with Crippen LogP contribution in [0.4, 0.5) is 0 Å². The van der Waals surface area contributed by atoms with Crippen LogP contribution in [0.3, 0.4) is 0 Å². The van der Waals surface area contributed by atoms with Crippen molar-refractivity contribution in [3.8, 4) is 0 Å². The molecule has 0 radical (unpaired) electrons. The van der Waals surface area contributed by atoms with E-state index in [1.54, 1.807) is 0 Å². The van der Waals surface area contributed by atoms with E-state index in [4.69, 9.17) is 0 Å². The van der Waals surface area contributed by atoms with Gasteiger partial charge in [0.05, 0.1) is 6.17 Å². The maximum Gasteiger partial charge on any atom is 0.239 e. The molecule has 5 rings (SSSR count). The van der Waals surface area contributed by atoms with Crippen LogP contribution in [0.25, 0.3) is 0 Å². The van der Waals surface area contributed by atoms with Gasteiger partial charge >= 0.3 is 0 Å². The highest BCUT2D eigenvalue weighted by atomic mass is 16.2. The Labute approximate surface area is 218 Å². The number of piperidine rings is 1. The molecule has 4 unspecified atom stereocenters. The summed E-state index contributed by atoms with van der Waals surface area (Å²) in [5.41, 5.74) is 0. The molecule has 0 spiro atoms. The summed E-state index contributed by atoms with van der Waals surface area (Å²) in [5.74, 6) is 2.09. The fourth-order valence-corrected chi connectivity index (χ4v) is 7.57. The van der Waals surface area contributed by atoms with E-state index in [1.165, 1.54) is 44.9 Å². The molecular formula is C28H50N6O2. The molecule has 0 aromatic carbocycles. The third-order valence-corrected chi connectivity index (χ3v) is 10.1. The standard InChI is InChI=1S/C28H50N6O2/c1-21-6-8-22(9-7-21)20-34-14-12-24-27(34)28(36)30-19-23(31(24)2)10-11-26(35)33-17-15-32(16-18-33)25-5-3-4-13-29-25/h21-25,27,29H,3-20H2,1-2H3,(H,30,36). The Morgan fingerprint density at radius 2 is 1.75 bits per heavy atom. The zero-order chi connectivity index (χ0) is 25.1. The lowest BCUT2D eigenvalue weighted by Gasteiger charge is -2.41. The predicted molar refractivity (Wildman–Crippen MR) is 142 cm³/mol. The molecule has 4 heterocycles. The van der Waals surface area contributed by atoms with Crippen molar-refractivity contribution in [1.82, 2.24) is 30.2 Å². The molecule has 0 aromatic heterocycles. The first-order valence-electron chi connectivity index (χ1n) is 15.0. The van der Waals surface area contributed by atoms with Crippen LogP contribution >= 0.6 is 0 Å². The normalized spacial score (nSPS) is 37.4. The summed E-state index contributed by atoms with van der Waals surface area (Å²) in [6, 6.07) is 0.467. The number of rotatable bonds is 6. The first kappa shape index (κ1) is 26.4. The smallest absolute Gasteiger partial charge is 0.239 e. The maximum absolute atomic E-state index is 13.2. The lowest BCUT2D eigenvalue weighted by molar-refractivity contribution is -0.134. The Balaban J connectivity index is 1.09. The second kappa shape index (κ2) is 12.1. The summed E-state index contributed by atoms with van der Waals surface area (Å²) in [5, 5.41) is 6.90. The number of carbonyl (C=O) groups is 2. The SMILES string of the molecule is CC1CCC(CN2CCC3C2C(=O)NCC(CCC(=O)N2CCN(C4CCCCN4)CC2)N3C)CC1. The number of piperazine rings is 1. The molecule has 1 saturated carbocycles. The first-order valence-corrected chi connectivity index (χ1v) is 15.0. The molecule has 2 amide bonds. The number of amides is 2. The zero-order valence-corrected chi connectivity index (χ0v) is 22.8. The van der Waals surface area contributed by atoms with Gasteiger partial charge in [-0.15, -0.1) is 0 Å². The number of nitrogens with one attached hydrogen (secondary N) is 2. The summed E-state index contributed by atoms with van der Waals surface area (Å²) >= 11 is 0. The summed E-state index contributed by atoms with van der Waals surface area (Å²) < 4.78 is 0. The second-order valence-corrected chi connectivity index (χ2v) is 12.4. The van der Waals surface area contributed by atoms with Gasteiger partial charge in [0, 0.05) is 64.3 Å². The van der Waals surface area contributed by atoms with Crippen molar-refractivity contribution in [2.45, 2.75) is 95.4 Å². The minimum absolute atomic E-state index is 0.0310. The molecule has 8 heteroatoms. The molecular weight excluding hydrogens is 452 g/mol. The highest BCUT2D eigenvalue weighted by molar-refractivity contribution is 5.83. The van der Waals surface area contributed by atoms with Crippen LogP contribution in [0.2, 0.25) is 0 Å². The average molecular weight is 503 g/mol. The van der Waals surface area contributed by atoms with Crippen molar-refractivity contribution in [2.75, 3.05) is 59.4 Å². The third-order valence-electron chi connectivity index (χ3n) is 10.1. The fourth-order valence-electron chi connectivity index (χ4n) is 7.57. The number of carbonyl (C=O) groups excluding carboxylic acids is 2. The van der Waals surface area contributed by atoms with E-state index in [0.29, 0.717) is 19.1 Å². The lowest BCUT2D eigenvalue weighted by Crippen LogP contribution is -2.56. The first-order chi connectivity index (χ1) is 17.5. The third kappa shape index (κ3) is 6.08. The topological polar surface area (TPSA) is 71.2 Å². The zero-order valence-electron chi connectivity index (χ0n) is 22.8. The summed E-state index contributed by atoms with van der Waals surface area (Å²) in [7, 11) is 2.19. The Hall–Kier alpha value is -1.22. The van der Waals surface area contributed by atoms with Crippen molar-refractivity contribution in [2.24, 2.45) is 11.8 Å². The minimum atomic E-state index is -0.0310. The minimum Gasteiger partial charge on any atom is -0.353 e. The van der Waals surface area contributed by atoms with Gasteiger partial charge in [0.25, 0.3) is 0 Å². The summed E-state index contributed by atoms with van der Waals surface area (Å²) in [6.07, 6.45) is 12.1. The quantitative estimate of drug-likeness (QED) is 0.576. The van der Waals surface area contributed by atoms with Crippen molar-refractivity contribution in [3.63, 3.8) is 0 Å². The molecule has 8 nitrogen and oxygen atoms in total. The molecule has 4 atom stereocenters. The van der Waals surface area contributed by atoms with Gasteiger partial charge in [-0.3, -0.25) is 24.3 Å². The molecule has 0 aromatic rings. The van der Waals surface area contributed by atoms with Crippen LogP contribution in [-0.4, -0.2) is 115 Å². The van der Waals surface area contributed by atoms with E-state index in [1.807, 2.05) is 0 Å². The number of likely N-dealkylation sites (N-methyl/N-ethyl adjacent to an activating group) is 1. The van der Waals surface area contributed by atoms with E-state index in [-0.39, 0.29) is 29.9 Å². The van der Waals surface area contributed by atoms with Gasteiger partial charge in [-0.2, -0.15) is 0 Å². The van der Waals surface area contributed by atoms with Crippen molar-refractivity contribution < 1.29 is 9.59 Å². The fraction of sp³-hybridized carbons (Fsp3) is 0.929. The lowest BCUT2D eigenvalue weighted by atomic mass is 9.82. The molecule has 204 valence electrons. The number of hydrogen-bond acceptors (Lipinski definition) is 6. The van der Waals surface area contributed by atoms with Gasteiger partial charge in [0.2, 0.25) is 11.8 Å². The Morgan fingerprint density at radius 3 is 2.47 bits per heavy atom. The van der Waals surface area contributed by atoms with E-state index in [9.17, 15) is 9.59 Å². The van der Waals surface area contributed by atoms with Gasteiger partial charge in [-0.05, 0) is 70.4 Å². The van der Waals surface area contributed by atoms with Gasteiger partial charge < -0.3 is 15.5 Å². The second-order valence-electron chi connectivity index (χ2n) is 12.4. The highest BCUT2D eigenvalue weighted by Crippen LogP contribution is 2.33. The molecule has 2 N–H and O–H groups in total. The predicted octanol–water partition coefficient (Wildman–Crippen LogP) is 1.71. The van der Waals surface area contributed by atoms with Crippen LogP contribution in [0, 0.1) is 11.8 Å². The maximum atomic E-state index is 13.2. The Kier molecular flexibility index (Phi) is 8.87. The Morgan fingerprint density at radius 1 is 0.972 bits per heavy atom. The summed E-state index contributed by atoms with van der Waals surface area (Å²) in [6.45, 7) is 9.87. The van der Waals surface area contributed by atoms with Gasteiger partial charge in [0.1, 0.15) is 6.04 Å². The molecule has 5 aliphatic rings. The number of nitrogens with zero attached hydrogens (tertiary/aromatic N) is 4. The van der Waals surface area contributed by atoms with Crippen molar-refractivity contribution in [1.29, 1.82) is 0 Å². The van der Waals surface area contributed by atoms with Gasteiger partial charge in [0.15, 0.2) is 0 Å². The van der Waals surface area contributed by atoms with Crippen LogP contribution in [-0.2, 0) is 9.59 Å². The molecule has 5 fully saturated rings. The van der Waals surface area contributed by atoms with E-state index >= 15 is 0 Å². The van der Waals surface area contributed by atoms with Gasteiger partial charge in [-0.25, -0.2) is 0 Å². The van der Waals surface area contributed by atoms with Crippen LogP contribution < -0.4 is 10.6 Å². The molecule has 0 bridgehead atoms.